The summed E-state index contributed by atoms with van der Waals surface area (Å²) in [5, 5.41) is 2.84. The minimum atomic E-state index is -0.243. The van der Waals surface area contributed by atoms with Crippen molar-refractivity contribution < 1.29 is 9.21 Å². The van der Waals surface area contributed by atoms with Crippen LogP contribution in [0, 0.1) is 0 Å². The molecule has 1 amide bonds. The molecule has 0 saturated heterocycles. The summed E-state index contributed by atoms with van der Waals surface area (Å²) in [6.07, 6.45) is 0. The molecule has 0 bridgehead atoms. The van der Waals surface area contributed by atoms with Crippen LogP contribution in [0.3, 0.4) is 0 Å². The Morgan fingerprint density at radius 1 is 1.47 bits per heavy atom. The Morgan fingerprint density at radius 3 is 2.76 bits per heavy atom. The average molecular weight is 335 g/mol. The molecule has 3 nitrogen and oxygen atoms in total. The van der Waals surface area contributed by atoms with Gasteiger partial charge in [-0.2, -0.15) is 0 Å². The highest BCUT2D eigenvalue weighted by Gasteiger charge is 2.15. The van der Waals surface area contributed by atoms with E-state index >= 15 is 0 Å². The van der Waals surface area contributed by atoms with Crippen LogP contribution in [-0.4, -0.2) is 5.91 Å². The number of rotatable bonds is 3. The van der Waals surface area contributed by atoms with Crippen LogP contribution in [0.4, 0.5) is 0 Å². The third kappa shape index (κ3) is 3.12. The number of carbonyl (C=O) groups excluding carboxylic acids is 1. The van der Waals surface area contributed by atoms with Crippen LogP contribution in [0.2, 0.25) is 4.34 Å². The molecule has 90 valence electrons. The van der Waals surface area contributed by atoms with Gasteiger partial charge in [-0.05, 0) is 47.1 Å². The van der Waals surface area contributed by atoms with E-state index in [-0.39, 0.29) is 17.7 Å². The average Bonchev–Trinajstić information content (AvgIpc) is 2.87. The number of hydrogen-bond donors (Lipinski definition) is 1. The first-order valence-corrected chi connectivity index (χ1v) is 6.86. The van der Waals surface area contributed by atoms with Gasteiger partial charge in [0.2, 0.25) is 0 Å². The van der Waals surface area contributed by atoms with Crippen molar-refractivity contribution in [3.05, 3.63) is 43.9 Å². The van der Waals surface area contributed by atoms with E-state index in [9.17, 15) is 4.79 Å². The quantitative estimate of drug-likeness (QED) is 0.912. The second-order valence-corrected chi connectivity index (χ2v) is 5.97. The highest BCUT2D eigenvalue weighted by molar-refractivity contribution is 9.10. The maximum atomic E-state index is 11.8. The largest absolute Gasteiger partial charge is 0.444 e. The van der Waals surface area contributed by atoms with Crippen molar-refractivity contribution >= 4 is 44.8 Å². The summed E-state index contributed by atoms with van der Waals surface area (Å²) in [5.74, 6) is 0.0408. The molecular weight excluding hydrogens is 326 g/mol. The molecular formula is C11H9BrClNO2S. The summed E-state index contributed by atoms with van der Waals surface area (Å²) in [7, 11) is 0. The molecule has 1 unspecified atom stereocenters. The Bertz CT molecular complexity index is 537. The maximum absolute atomic E-state index is 11.8. The summed E-state index contributed by atoms with van der Waals surface area (Å²) < 4.78 is 6.42. The van der Waals surface area contributed by atoms with Crippen LogP contribution in [0.25, 0.3) is 0 Å². The van der Waals surface area contributed by atoms with Crippen LogP contribution in [0.15, 0.2) is 33.4 Å². The van der Waals surface area contributed by atoms with Crippen molar-refractivity contribution in [1.82, 2.24) is 5.32 Å². The predicted octanol–water partition coefficient (Wildman–Crippen LogP) is 4.25. The zero-order valence-corrected chi connectivity index (χ0v) is 12.0. The molecule has 0 fully saturated rings. The van der Waals surface area contributed by atoms with E-state index in [0.717, 1.165) is 4.88 Å². The number of halogens is 2. The standard InChI is InChI=1S/C11H9BrClNO2S/c1-6(8-3-5-10(13)17-8)14-11(15)7-2-4-9(12)16-7/h2-6H,1H3,(H,14,15). The van der Waals surface area contributed by atoms with Crippen molar-refractivity contribution in [1.29, 1.82) is 0 Å². The van der Waals surface area contributed by atoms with Crippen LogP contribution in [-0.2, 0) is 0 Å². The van der Waals surface area contributed by atoms with E-state index < -0.39 is 0 Å². The van der Waals surface area contributed by atoms with E-state index in [2.05, 4.69) is 21.2 Å². The lowest BCUT2D eigenvalue weighted by atomic mass is 10.2. The molecule has 2 rings (SSSR count). The Balaban J connectivity index is 2.04. The molecule has 0 saturated carbocycles. The SMILES string of the molecule is CC(NC(=O)c1ccc(Br)o1)c1ccc(Cl)s1. The van der Waals surface area contributed by atoms with Crippen LogP contribution in [0.1, 0.15) is 28.4 Å². The molecule has 1 N–H and O–H groups in total. The van der Waals surface area contributed by atoms with Gasteiger partial charge in [-0.15, -0.1) is 11.3 Å². The smallest absolute Gasteiger partial charge is 0.287 e. The second-order valence-electron chi connectivity index (χ2n) is 3.44. The molecule has 2 aromatic heterocycles. The molecule has 0 aliphatic heterocycles. The first-order valence-electron chi connectivity index (χ1n) is 4.87. The summed E-state index contributed by atoms with van der Waals surface area (Å²) in [6.45, 7) is 1.90. The summed E-state index contributed by atoms with van der Waals surface area (Å²) in [4.78, 5) is 12.8. The topological polar surface area (TPSA) is 42.2 Å². The number of amides is 1. The fourth-order valence-corrected chi connectivity index (χ4v) is 2.71. The van der Waals surface area contributed by atoms with E-state index in [1.165, 1.54) is 11.3 Å². The monoisotopic (exact) mass is 333 g/mol. The lowest BCUT2D eigenvalue weighted by Crippen LogP contribution is -2.25. The highest BCUT2D eigenvalue weighted by atomic mass is 79.9. The lowest BCUT2D eigenvalue weighted by molar-refractivity contribution is 0.0911. The minimum Gasteiger partial charge on any atom is -0.444 e. The van der Waals surface area contributed by atoms with Gasteiger partial charge in [0.1, 0.15) is 0 Å². The molecule has 0 radical (unpaired) electrons. The van der Waals surface area contributed by atoms with Gasteiger partial charge in [0, 0.05) is 4.88 Å². The van der Waals surface area contributed by atoms with Gasteiger partial charge in [0.15, 0.2) is 10.4 Å². The van der Waals surface area contributed by atoms with Gasteiger partial charge in [0.05, 0.1) is 10.4 Å². The number of thiophene rings is 1. The van der Waals surface area contributed by atoms with Crippen LogP contribution in [0.5, 0.6) is 0 Å². The molecule has 1 atom stereocenters. The predicted molar refractivity (Wildman–Crippen MR) is 71.6 cm³/mol. The zero-order chi connectivity index (χ0) is 12.4. The second kappa shape index (κ2) is 5.25. The van der Waals surface area contributed by atoms with E-state index in [1.54, 1.807) is 12.1 Å². The van der Waals surface area contributed by atoms with Gasteiger partial charge < -0.3 is 9.73 Å². The zero-order valence-electron chi connectivity index (χ0n) is 8.87. The fourth-order valence-electron chi connectivity index (χ4n) is 1.34. The van der Waals surface area contributed by atoms with Crippen molar-refractivity contribution in [2.24, 2.45) is 0 Å². The fraction of sp³-hybridized carbons (Fsp3) is 0.182. The summed E-state index contributed by atoms with van der Waals surface area (Å²) >= 11 is 10.4. The molecule has 17 heavy (non-hydrogen) atoms. The molecule has 2 aromatic rings. The third-order valence-corrected chi connectivity index (χ3v) is 4.01. The van der Waals surface area contributed by atoms with Gasteiger partial charge in [-0.3, -0.25) is 4.79 Å². The first kappa shape index (κ1) is 12.7. The van der Waals surface area contributed by atoms with Crippen molar-refractivity contribution in [3.63, 3.8) is 0 Å². The van der Waals surface area contributed by atoms with Crippen molar-refractivity contribution in [2.75, 3.05) is 0 Å². The van der Waals surface area contributed by atoms with Gasteiger partial charge in [0.25, 0.3) is 5.91 Å². The summed E-state index contributed by atoms with van der Waals surface area (Å²) in [6, 6.07) is 6.92. The Labute approximate surface area is 116 Å². The Kier molecular flexibility index (Phi) is 3.91. The number of hydrogen-bond acceptors (Lipinski definition) is 3. The number of carbonyl (C=O) groups is 1. The molecule has 0 aromatic carbocycles. The number of furan rings is 1. The molecule has 0 aliphatic rings. The maximum Gasteiger partial charge on any atom is 0.287 e. The third-order valence-electron chi connectivity index (χ3n) is 2.17. The molecule has 2 heterocycles. The molecule has 0 spiro atoms. The van der Waals surface area contributed by atoms with Gasteiger partial charge >= 0.3 is 0 Å². The Morgan fingerprint density at radius 2 is 2.24 bits per heavy atom. The van der Waals surface area contributed by atoms with E-state index in [0.29, 0.717) is 9.01 Å². The van der Waals surface area contributed by atoms with E-state index in [1.807, 2.05) is 19.1 Å². The first-order chi connectivity index (χ1) is 8.06. The number of nitrogens with one attached hydrogen (secondary N) is 1. The summed E-state index contributed by atoms with van der Waals surface area (Å²) in [5.41, 5.74) is 0. The van der Waals surface area contributed by atoms with Crippen molar-refractivity contribution in [2.45, 2.75) is 13.0 Å². The molecule has 6 heteroatoms. The van der Waals surface area contributed by atoms with Crippen molar-refractivity contribution in [3.8, 4) is 0 Å². The molecule has 0 aliphatic carbocycles. The minimum absolute atomic E-state index is 0.0936. The van der Waals surface area contributed by atoms with E-state index in [4.69, 9.17) is 16.0 Å². The van der Waals surface area contributed by atoms with Crippen LogP contribution < -0.4 is 5.32 Å². The van der Waals surface area contributed by atoms with Gasteiger partial charge in [-0.25, -0.2) is 0 Å². The normalized spacial score (nSPS) is 12.4. The Hall–Kier alpha value is -0.780. The van der Waals surface area contributed by atoms with Gasteiger partial charge in [-0.1, -0.05) is 11.6 Å². The van der Waals surface area contributed by atoms with Crippen LogP contribution >= 0.6 is 38.9 Å². The lowest BCUT2D eigenvalue weighted by Gasteiger charge is -2.10. The highest BCUT2D eigenvalue weighted by Crippen LogP contribution is 2.27.